The van der Waals surface area contributed by atoms with Gasteiger partial charge in [0.05, 0.1) is 11.8 Å². The molecule has 0 aliphatic carbocycles. The number of esters is 1. The van der Waals surface area contributed by atoms with E-state index in [1.54, 1.807) is 20.8 Å². The molecule has 16 heavy (non-hydrogen) atoms. The van der Waals surface area contributed by atoms with Gasteiger partial charge < -0.3 is 4.74 Å². The molecule has 0 bridgehead atoms. The second-order valence-corrected chi connectivity index (χ2v) is 4.67. The molecule has 0 heterocycles. The molecule has 90 valence electrons. The Labute approximate surface area is 102 Å². The Balaban J connectivity index is 4.47. The maximum Gasteiger partial charge on any atom is 0.307 e. The number of ketones is 1. The summed E-state index contributed by atoms with van der Waals surface area (Å²) in [5.41, 5.74) is 7.65. The number of halogens is 1. The van der Waals surface area contributed by atoms with Gasteiger partial charge in [0.2, 0.25) is 0 Å². The van der Waals surface area contributed by atoms with Crippen LogP contribution in [-0.4, -0.2) is 28.7 Å². The zero-order valence-corrected chi connectivity index (χ0v) is 11.0. The Morgan fingerprint density at radius 2 is 2.06 bits per heavy atom. The van der Waals surface area contributed by atoms with E-state index in [9.17, 15) is 9.59 Å². The summed E-state index contributed by atoms with van der Waals surface area (Å²) in [6.45, 7) is 5.17. The first-order valence-corrected chi connectivity index (χ1v) is 5.77. The Morgan fingerprint density at radius 3 is 2.44 bits per heavy atom. The lowest BCUT2D eigenvalue weighted by Crippen LogP contribution is -2.29. The van der Waals surface area contributed by atoms with Crippen molar-refractivity contribution in [1.29, 1.82) is 0 Å². The quantitative estimate of drug-likeness (QED) is 0.256. The summed E-state index contributed by atoms with van der Waals surface area (Å²) < 4.78 is 5.02. The van der Waals surface area contributed by atoms with E-state index in [4.69, 9.17) is 10.3 Å². The number of rotatable bonds is 5. The van der Waals surface area contributed by atoms with Crippen LogP contribution in [0, 0.1) is 0 Å². The second kappa shape index (κ2) is 6.50. The molecule has 0 N–H and O–H groups in total. The fourth-order valence-corrected chi connectivity index (χ4v) is 1.29. The maximum absolute atomic E-state index is 11.4. The molecule has 0 aliphatic heterocycles. The van der Waals surface area contributed by atoms with E-state index < -0.39 is 17.6 Å². The first-order chi connectivity index (χ1) is 7.30. The summed E-state index contributed by atoms with van der Waals surface area (Å²) in [5, 5.41) is 3.31. The fraction of sp³-hybridized carbons (Fsp3) is 0.778. The first-order valence-electron chi connectivity index (χ1n) is 4.65. The summed E-state index contributed by atoms with van der Waals surface area (Å²) in [7, 11) is 0. The van der Waals surface area contributed by atoms with Crippen LogP contribution >= 0.6 is 15.9 Å². The van der Waals surface area contributed by atoms with Crippen molar-refractivity contribution in [2.45, 2.75) is 38.8 Å². The lowest BCUT2D eigenvalue weighted by Gasteiger charge is -2.20. The average molecular weight is 292 g/mol. The normalized spacial score (nSPS) is 12.5. The molecule has 0 radical (unpaired) electrons. The third kappa shape index (κ3) is 6.42. The first kappa shape index (κ1) is 14.9. The number of nitrogens with zero attached hydrogens (tertiary/aromatic N) is 3. The van der Waals surface area contributed by atoms with Gasteiger partial charge in [-0.05, 0) is 26.3 Å². The third-order valence-corrected chi connectivity index (χ3v) is 2.03. The molecule has 6 nitrogen and oxygen atoms in total. The van der Waals surface area contributed by atoms with Crippen LogP contribution in [0.5, 0.6) is 0 Å². The van der Waals surface area contributed by atoms with E-state index in [1.807, 2.05) is 0 Å². The van der Waals surface area contributed by atoms with Gasteiger partial charge in [-0.3, -0.25) is 9.59 Å². The molecular weight excluding hydrogens is 278 g/mol. The summed E-state index contributed by atoms with van der Waals surface area (Å²) in [6, 6.07) is -1.00. The standard InChI is InChI=1S/C9H14BrN3O3/c1-9(2,3)16-8(15)4-6(12-13-11)7(14)5-10/h6H,4-5H2,1-3H3/t6-/m0/s1. The van der Waals surface area contributed by atoms with Crippen molar-refractivity contribution in [3.8, 4) is 0 Å². The molecule has 0 aromatic carbocycles. The van der Waals surface area contributed by atoms with Crippen molar-refractivity contribution in [1.82, 2.24) is 0 Å². The van der Waals surface area contributed by atoms with Gasteiger partial charge in [0.1, 0.15) is 11.6 Å². The van der Waals surface area contributed by atoms with Crippen LogP contribution in [0.4, 0.5) is 0 Å². The molecule has 7 heteroatoms. The van der Waals surface area contributed by atoms with Crippen LogP contribution in [0.1, 0.15) is 27.2 Å². The van der Waals surface area contributed by atoms with Gasteiger partial charge >= 0.3 is 5.97 Å². The number of azide groups is 1. The minimum Gasteiger partial charge on any atom is -0.460 e. The maximum atomic E-state index is 11.4. The van der Waals surface area contributed by atoms with Gasteiger partial charge in [-0.1, -0.05) is 21.0 Å². The van der Waals surface area contributed by atoms with E-state index in [1.165, 1.54) is 0 Å². The molecule has 1 atom stereocenters. The lowest BCUT2D eigenvalue weighted by atomic mass is 10.1. The van der Waals surface area contributed by atoms with Gasteiger partial charge in [-0.25, -0.2) is 0 Å². The highest BCUT2D eigenvalue weighted by molar-refractivity contribution is 9.09. The molecule has 0 aliphatic rings. The number of ether oxygens (including phenoxy) is 1. The molecule has 0 fully saturated rings. The lowest BCUT2D eigenvalue weighted by molar-refractivity contribution is -0.155. The monoisotopic (exact) mass is 291 g/mol. The Morgan fingerprint density at radius 1 is 1.50 bits per heavy atom. The van der Waals surface area contributed by atoms with Gasteiger partial charge in [0, 0.05) is 4.91 Å². The fourth-order valence-electron chi connectivity index (χ4n) is 0.911. The number of hydrogen-bond donors (Lipinski definition) is 0. The van der Waals surface area contributed by atoms with Crippen molar-refractivity contribution >= 4 is 27.7 Å². The minimum atomic E-state index is -1.00. The Hall–Kier alpha value is -1.07. The van der Waals surface area contributed by atoms with Crippen LogP contribution in [0.25, 0.3) is 10.4 Å². The zero-order chi connectivity index (χ0) is 12.8. The second-order valence-electron chi connectivity index (χ2n) is 4.11. The average Bonchev–Trinajstić information content (AvgIpc) is 2.13. The van der Waals surface area contributed by atoms with Crippen LogP contribution in [0.3, 0.4) is 0 Å². The van der Waals surface area contributed by atoms with E-state index in [0.29, 0.717) is 0 Å². The molecule has 0 amide bonds. The third-order valence-electron chi connectivity index (χ3n) is 1.47. The topological polar surface area (TPSA) is 92.1 Å². The molecule has 0 unspecified atom stereocenters. The molecule has 0 rings (SSSR count). The summed E-state index contributed by atoms with van der Waals surface area (Å²) in [6.07, 6.45) is -0.230. The van der Waals surface area contributed by atoms with Gasteiger partial charge in [0.15, 0.2) is 5.78 Å². The Kier molecular flexibility index (Phi) is 6.06. The van der Waals surface area contributed by atoms with Gasteiger partial charge in [-0.2, -0.15) is 0 Å². The highest BCUT2D eigenvalue weighted by atomic mass is 79.9. The Bertz CT molecular complexity index is 318. The summed E-state index contributed by atoms with van der Waals surface area (Å²) in [4.78, 5) is 25.2. The highest BCUT2D eigenvalue weighted by Crippen LogP contribution is 2.11. The number of hydrogen-bond acceptors (Lipinski definition) is 4. The van der Waals surface area contributed by atoms with E-state index in [2.05, 4.69) is 26.0 Å². The molecule has 0 saturated carbocycles. The largest absolute Gasteiger partial charge is 0.460 e. The van der Waals surface area contributed by atoms with Crippen molar-refractivity contribution in [3.63, 3.8) is 0 Å². The molecule has 0 saturated heterocycles. The molecule has 0 aromatic heterocycles. The van der Waals surface area contributed by atoms with E-state index in [-0.39, 0.29) is 17.5 Å². The molecule has 0 spiro atoms. The van der Waals surface area contributed by atoms with Crippen LogP contribution in [0.15, 0.2) is 5.11 Å². The summed E-state index contributed by atoms with van der Waals surface area (Å²) >= 11 is 2.95. The van der Waals surface area contributed by atoms with Gasteiger partial charge in [-0.15, -0.1) is 0 Å². The highest BCUT2D eigenvalue weighted by Gasteiger charge is 2.23. The molecule has 0 aromatic rings. The molecular formula is C9H14BrN3O3. The number of Topliss-reactive ketones (excluding diaryl/α,β-unsaturated/α-hetero) is 1. The predicted octanol–water partition coefficient (Wildman–Crippen LogP) is 2.36. The number of alkyl halides is 1. The SMILES string of the molecule is CC(C)(C)OC(=O)C[C@H](N=[N+]=[N-])C(=O)CBr. The smallest absolute Gasteiger partial charge is 0.307 e. The minimum absolute atomic E-state index is 0.0412. The van der Waals surface area contributed by atoms with Crippen molar-refractivity contribution in [3.05, 3.63) is 10.4 Å². The van der Waals surface area contributed by atoms with Crippen LogP contribution in [0.2, 0.25) is 0 Å². The van der Waals surface area contributed by atoms with E-state index >= 15 is 0 Å². The van der Waals surface area contributed by atoms with E-state index in [0.717, 1.165) is 0 Å². The summed E-state index contributed by atoms with van der Waals surface area (Å²) in [5.74, 6) is -0.900. The zero-order valence-electron chi connectivity index (χ0n) is 9.44. The number of carbonyl (C=O) groups excluding carboxylic acids is 2. The van der Waals surface area contributed by atoms with Crippen LogP contribution < -0.4 is 0 Å². The van der Waals surface area contributed by atoms with Crippen molar-refractivity contribution in [2.24, 2.45) is 5.11 Å². The predicted molar refractivity (Wildman–Crippen MR) is 62.2 cm³/mol. The van der Waals surface area contributed by atoms with Crippen molar-refractivity contribution < 1.29 is 14.3 Å². The van der Waals surface area contributed by atoms with Crippen molar-refractivity contribution in [2.75, 3.05) is 5.33 Å². The van der Waals surface area contributed by atoms with Gasteiger partial charge in [0.25, 0.3) is 0 Å². The number of carbonyl (C=O) groups is 2. The van der Waals surface area contributed by atoms with Crippen LogP contribution in [-0.2, 0) is 14.3 Å².